The fourth-order valence-corrected chi connectivity index (χ4v) is 10.3. The van der Waals surface area contributed by atoms with Gasteiger partial charge in [0.25, 0.3) is 6.29 Å². The zero-order valence-electron chi connectivity index (χ0n) is 39.2. The van der Waals surface area contributed by atoms with E-state index in [0.717, 1.165) is 0 Å². The number of rotatable bonds is 22. The molecule has 5 aliphatic heterocycles. The first kappa shape index (κ1) is 55.2. The number of carboxylic acid groups (broad SMARTS) is 1. The highest BCUT2D eigenvalue weighted by atomic mass is 16.8. The number of ether oxygens (including phenoxy) is 10. The first-order valence-electron chi connectivity index (χ1n) is 22.9. The van der Waals surface area contributed by atoms with E-state index in [1.807, 2.05) is 6.92 Å². The van der Waals surface area contributed by atoms with Crippen LogP contribution in [0, 0.1) is 23.7 Å². The average Bonchev–Trinajstić information content (AvgIpc) is 3.65. The average molecular weight is 968 g/mol. The lowest BCUT2D eigenvalue weighted by Gasteiger charge is -2.48. The molecule has 5 rings (SSSR count). The molecule has 5 aliphatic rings. The molecule has 386 valence electrons. The van der Waals surface area contributed by atoms with Crippen molar-refractivity contribution in [1.29, 1.82) is 0 Å². The SMILES string of the molecule is CCC1C(CO)OC(COCC2C(O)C(C)OC(COCC3C(O)C(CO)OC(COCC4C(CO)OC(COC)[C@]5(C)O[C@@H](C(=O)O)OC45)C3NC(C)=O)C2NC(C)=O)C(NC(C)=O)C1O. The van der Waals surface area contributed by atoms with Gasteiger partial charge < -0.3 is 99.1 Å². The van der Waals surface area contributed by atoms with Gasteiger partial charge in [0, 0.05) is 51.6 Å². The fourth-order valence-electron chi connectivity index (χ4n) is 10.3. The highest BCUT2D eigenvalue weighted by Gasteiger charge is 2.62. The number of aliphatic hydroxyl groups excluding tert-OH is 6. The third-order valence-electron chi connectivity index (χ3n) is 13.7. The molecule has 5 fully saturated rings. The van der Waals surface area contributed by atoms with Crippen molar-refractivity contribution < 1.29 is 102 Å². The second-order valence-corrected chi connectivity index (χ2v) is 18.3. The van der Waals surface area contributed by atoms with Gasteiger partial charge in [-0.15, -0.1) is 0 Å². The van der Waals surface area contributed by atoms with E-state index in [4.69, 9.17) is 47.4 Å². The maximum Gasteiger partial charge on any atom is 0.361 e. The molecule has 0 aromatic carbocycles. The molecule has 24 heteroatoms. The molecule has 3 amide bonds. The maximum absolute atomic E-state index is 12.6. The number of hydrogen-bond donors (Lipinski definition) is 10. The fraction of sp³-hybridized carbons (Fsp3) is 0.907. The molecule has 0 spiro atoms. The van der Waals surface area contributed by atoms with Crippen LogP contribution in [0.25, 0.3) is 0 Å². The predicted octanol–water partition coefficient (Wildman–Crippen LogP) is -4.19. The summed E-state index contributed by atoms with van der Waals surface area (Å²) in [4.78, 5) is 49.2. The van der Waals surface area contributed by atoms with E-state index in [0.29, 0.717) is 6.42 Å². The summed E-state index contributed by atoms with van der Waals surface area (Å²) in [7, 11) is 1.44. The zero-order chi connectivity index (χ0) is 49.3. The minimum atomic E-state index is -1.62. The van der Waals surface area contributed by atoms with Crippen LogP contribution in [-0.2, 0) is 66.5 Å². The number of amides is 3. The molecule has 24 nitrogen and oxygen atoms in total. The summed E-state index contributed by atoms with van der Waals surface area (Å²) in [5, 5.41) is 82.7. The topological polar surface area (TPSA) is 338 Å². The minimum Gasteiger partial charge on any atom is -0.477 e. The minimum absolute atomic E-state index is 0.0178. The van der Waals surface area contributed by atoms with Gasteiger partial charge in [-0.1, -0.05) is 6.92 Å². The first-order valence-corrected chi connectivity index (χ1v) is 22.9. The van der Waals surface area contributed by atoms with Crippen LogP contribution in [0.1, 0.15) is 48.0 Å². The van der Waals surface area contributed by atoms with Gasteiger partial charge >= 0.3 is 5.97 Å². The molecule has 5 saturated heterocycles. The van der Waals surface area contributed by atoms with Crippen LogP contribution in [-0.4, -0.2) is 236 Å². The van der Waals surface area contributed by atoms with E-state index in [-0.39, 0.29) is 52.9 Å². The largest absolute Gasteiger partial charge is 0.477 e. The normalized spacial score (nSPS) is 42.1. The van der Waals surface area contributed by atoms with Crippen molar-refractivity contribution in [2.24, 2.45) is 23.7 Å². The molecular weight excluding hydrogens is 894 g/mol. The van der Waals surface area contributed by atoms with Gasteiger partial charge in [0.05, 0.1) is 121 Å². The molecule has 0 saturated carbocycles. The van der Waals surface area contributed by atoms with E-state index in [1.165, 1.54) is 27.9 Å². The summed E-state index contributed by atoms with van der Waals surface area (Å²) in [6, 6.07) is -2.68. The third kappa shape index (κ3) is 13.0. The van der Waals surface area contributed by atoms with Crippen LogP contribution in [0.3, 0.4) is 0 Å². The van der Waals surface area contributed by atoms with Gasteiger partial charge in [0.15, 0.2) is 0 Å². The quantitative estimate of drug-likeness (QED) is 0.0492. The first-order chi connectivity index (χ1) is 31.8. The van der Waals surface area contributed by atoms with Crippen LogP contribution < -0.4 is 16.0 Å². The lowest BCUT2D eigenvalue weighted by Crippen LogP contribution is -2.64. The van der Waals surface area contributed by atoms with Crippen molar-refractivity contribution in [3.63, 3.8) is 0 Å². The van der Waals surface area contributed by atoms with E-state index < -0.39 is 164 Å². The Bertz CT molecular complexity index is 1620. The third-order valence-corrected chi connectivity index (χ3v) is 13.7. The molecule has 10 N–H and O–H groups in total. The van der Waals surface area contributed by atoms with Crippen molar-refractivity contribution in [3.8, 4) is 0 Å². The monoisotopic (exact) mass is 967 g/mol. The van der Waals surface area contributed by atoms with Crippen molar-refractivity contribution in [3.05, 3.63) is 0 Å². The Balaban J connectivity index is 1.27. The second-order valence-electron chi connectivity index (χ2n) is 18.3. The number of carbonyl (C=O) groups is 4. The van der Waals surface area contributed by atoms with Crippen LogP contribution >= 0.6 is 0 Å². The molecule has 19 unspecified atom stereocenters. The molecule has 21 atom stereocenters. The molecule has 0 radical (unpaired) electrons. The summed E-state index contributed by atoms with van der Waals surface area (Å²) in [6.45, 7) is 6.47. The Labute approximate surface area is 389 Å². The summed E-state index contributed by atoms with van der Waals surface area (Å²) >= 11 is 0. The Kier molecular flexibility index (Phi) is 20.5. The highest BCUT2D eigenvalue weighted by Crippen LogP contribution is 2.44. The number of methoxy groups -OCH3 is 1. The smallest absolute Gasteiger partial charge is 0.361 e. The lowest BCUT2D eigenvalue weighted by atomic mass is 9.79. The summed E-state index contributed by atoms with van der Waals surface area (Å²) < 4.78 is 59.9. The van der Waals surface area contributed by atoms with Crippen molar-refractivity contribution >= 4 is 23.7 Å². The van der Waals surface area contributed by atoms with Crippen molar-refractivity contribution in [1.82, 2.24) is 16.0 Å². The molecule has 5 heterocycles. The maximum atomic E-state index is 12.6. The molecular formula is C43H73N3O21. The van der Waals surface area contributed by atoms with Gasteiger partial charge in [-0.05, 0) is 20.3 Å². The van der Waals surface area contributed by atoms with Crippen LogP contribution in [0.2, 0.25) is 0 Å². The van der Waals surface area contributed by atoms with Gasteiger partial charge in [-0.3, -0.25) is 14.4 Å². The number of carboxylic acids is 1. The van der Waals surface area contributed by atoms with Gasteiger partial charge in [-0.25, -0.2) is 4.79 Å². The summed E-state index contributed by atoms with van der Waals surface area (Å²) in [5.41, 5.74) is -1.30. The number of hydrogen-bond acceptors (Lipinski definition) is 20. The standard InChI is InChI=1S/C43H73N3O21/c1-8-23-27(9-47)63-32(36(39(23)55)46-22(5)52)17-60-13-25-34(44-20(3)50)30(62-19(2)37(25)53)15-61-14-26-35(45-21(4)51)31(64-29(11-49)38(26)54)16-59-12-24-28(10-48)65-33(18-58-7)43(6)40(24)66-42(67-43)41(56)57/h19,23-40,42,47-49,53-55H,8-18H2,1-7H3,(H,44,50)(H,45,51)(H,46,52)(H,56,57)/t19?,23?,24?,25?,26?,27?,28?,29?,30?,31?,32?,33?,34?,35?,36?,37?,38?,39?,40?,42-,43-/m0/s1. The van der Waals surface area contributed by atoms with Crippen LogP contribution in [0.4, 0.5) is 0 Å². The van der Waals surface area contributed by atoms with Crippen molar-refractivity contribution in [2.45, 2.75) is 151 Å². The number of aliphatic hydroxyl groups is 6. The molecule has 0 aliphatic carbocycles. The highest BCUT2D eigenvalue weighted by molar-refractivity contribution is 5.74. The molecule has 67 heavy (non-hydrogen) atoms. The van der Waals surface area contributed by atoms with Gasteiger partial charge in [0.2, 0.25) is 17.7 Å². The van der Waals surface area contributed by atoms with E-state index >= 15 is 0 Å². The summed E-state index contributed by atoms with van der Waals surface area (Å²) in [6.07, 6.45) is -12.6. The van der Waals surface area contributed by atoms with Crippen molar-refractivity contribution in [2.75, 3.05) is 73.2 Å². The summed E-state index contributed by atoms with van der Waals surface area (Å²) in [5.74, 6) is -5.55. The Morgan fingerprint density at radius 3 is 1.52 bits per heavy atom. The molecule has 0 aromatic heterocycles. The Hall–Kier alpha value is -2.76. The number of nitrogens with one attached hydrogen (secondary N) is 3. The van der Waals surface area contributed by atoms with E-state index in [1.54, 1.807) is 13.8 Å². The predicted molar refractivity (Wildman–Crippen MR) is 227 cm³/mol. The Morgan fingerprint density at radius 1 is 0.567 bits per heavy atom. The number of carbonyl (C=O) groups excluding carboxylic acids is 3. The Morgan fingerprint density at radius 2 is 1.03 bits per heavy atom. The molecule has 0 aromatic rings. The lowest BCUT2D eigenvalue weighted by molar-refractivity contribution is -0.237. The van der Waals surface area contributed by atoms with Gasteiger partial charge in [-0.2, -0.15) is 0 Å². The van der Waals surface area contributed by atoms with Crippen LogP contribution in [0.15, 0.2) is 0 Å². The zero-order valence-corrected chi connectivity index (χ0v) is 39.2. The van der Waals surface area contributed by atoms with Crippen LogP contribution in [0.5, 0.6) is 0 Å². The van der Waals surface area contributed by atoms with E-state index in [9.17, 15) is 54.9 Å². The van der Waals surface area contributed by atoms with E-state index in [2.05, 4.69) is 16.0 Å². The molecule has 0 bridgehead atoms. The van der Waals surface area contributed by atoms with Gasteiger partial charge in [0.1, 0.15) is 42.2 Å². The second kappa shape index (κ2) is 24.9. The number of fused-ring (bicyclic) bond motifs is 1. The number of aliphatic carboxylic acids is 1.